The SMILES string of the molecule is CC(NCCOCC(F)F)C(=O)NC(N)=O. The van der Waals surface area contributed by atoms with Gasteiger partial charge in [-0.2, -0.15) is 0 Å². The van der Waals surface area contributed by atoms with Crippen molar-refractivity contribution in [3.05, 3.63) is 0 Å². The molecule has 0 saturated heterocycles. The van der Waals surface area contributed by atoms with Crippen LogP contribution in [-0.4, -0.2) is 44.2 Å². The standard InChI is InChI=1S/C8H15F2N3O3/c1-5(7(14)13-8(11)15)12-2-3-16-4-6(9)10/h5-6,12H,2-4H2,1H3,(H3,11,13,14,15). The number of imide groups is 1. The first-order chi connectivity index (χ1) is 7.43. The summed E-state index contributed by atoms with van der Waals surface area (Å²) in [6.45, 7) is 1.15. The second kappa shape index (κ2) is 7.94. The predicted octanol–water partition coefficient (Wildman–Crippen LogP) is -0.559. The number of nitrogens with two attached hydrogens (primary N) is 1. The van der Waals surface area contributed by atoms with Crippen LogP contribution in [0.1, 0.15) is 6.92 Å². The van der Waals surface area contributed by atoms with Crippen LogP contribution < -0.4 is 16.4 Å². The molecule has 0 radical (unpaired) electrons. The maximum atomic E-state index is 11.6. The minimum Gasteiger partial charge on any atom is -0.374 e. The summed E-state index contributed by atoms with van der Waals surface area (Å²) < 4.78 is 27.8. The fourth-order valence-electron chi connectivity index (χ4n) is 0.842. The number of hydrogen-bond acceptors (Lipinski definition) is 4. The van der Waals surface area contributed by atoms with Gasteiger partial charge in [0.15, 0.2) is 0 Å². The Kier molecular flexibility index (Phi) is 7.31. The molecule has 6 nitrogen and oxygen atoms in total. The summed E-state index contributed by atoms with van der Waals surface area (Å²) in [5.41, 5.74) is 4.73. The van der Waals surface area contributed by atoms with Crippen molar-refractivity contribution >= 4 is 11.9 Å². The Morgan fingerprint density at radius 2 is 2.06 bits per heavy atom. The van der Waals surface area contributed by atoms with Crippen LogP contribution >= 0.6 is 0 Å². The molecule has 0 saturated carbocycles. The second-order valence-corrected chi connectivity index (χ2v) is 3.00. The van der Waals surface area contributed by atoms with Crippen LogP contribution in [0.15, 0.2) is 0 Å². The van der Waals surface area contributed by atoms with Crippen molar-refractivity contribution < 1.29 is 23.1 Å². The number of hydrogen-bond donors (Lipinski definition) is 3. The smallest absolute Gasteiger partial charge is 0.318 e. The number of halogens is 2. The average Bonchev–Trinajstić information content (AvgIpc) is 2.15. The van der Waals surface area contributed by atoms with Gasteiger partial charge in [-0.25, -0.2) is 13.6 Å². The Bertz CT molecular complexity index is 239. The summed E-state index contributed by atoms with van der Waals surface area (Å²) in [5.74, 6) is -0.582. The quantitative estimate of drug-likeness (QED) is 0.519. The molecule has 94 valence electrons. The molecule has 0 heterocycles. The first-order valence-electron chi connectivity index (χ1n) is 4.63. The largest absolute Gasteiger partial charge is 0.374 e. The summed E-state index contributed by atoms with van der Waals surface area (Å²) in [4.78, 5) is 21.4. The molecule has 0 fully saturated rings. The Labute approximate surface area is 91.5 Å². The van der Waals surface area contributed by atoms with Gasteiger partial charge in [0.05, 0.1) is 12.6 Å². The van der Waals surface area contributed by atoms with Gasteiger partial charge in [-0.15, -0.1) is 0 Å². The molecule has 3 amide bonds. The number of carbonyl (C=O) groups excluding carboxylic acids is 2. The molecule has 1 unspecified atom stereocenters. The number of carbonyl (C=O) groups is 2. The second-order valence-electron chi connectivity index (χ2n) is 3.00. The maximum absolute atomic E-state index is 11.6. The molecule has 1 atom stereocenters. The molecule has 0 bridgehead atoms. The van der Waals surface area contributed by atoms with E-state index in [9.17, 15) is 18.4 Å². The third kappa shape index (κ3) is 8.06. The van der Waals surface area contributed by atoms with Crippen molar-refractivity contribution in [2.75, 3.05) is 19.8 Å². The molecule has 0 aromatic heterocycles. The Morgan fingerprint density at radius 1 is 1.44 bits per heavy atom. The van der Waals surface area contributed by atoms with Crippen molar-refractivity contribution in [3.63, 3.8) is 0 Å². The summed E-state index contributed by atoms with van der Waals surface area (Å²) in [7, 11) is 0. The minimum atomic E-state index is -2.50. The molecular formula is C8H15F2N3O3. The van der Waals surface area contributed by atoms with Gasteiger partial charge in [0.2, 0.25) is 5.91 Å². The van der Waals surface area contributed by atoms with Gasteiger partial charge in [0, 0.05) is 6.54 Å². The van der Waals surface area contributed by atoms with Gasteiger partial charge < -0.3 is 15.8 Å². The number of rotatable bonds is 7. The third-order valence-electron chi connectivity index (χ3n) is 1.58. The van der Waals surface area contributed by atoms with E-state index in [1.807, 2.05) is 5.32 Å². The van der Waals surface area contributed by atoms with Gasteiger partial charge in [-0.3, -0.25) is 10.1 Å². The van der Waals surface area contributed by atoms with Gasteiger partial charge in [0.1, 0.15) is 6.61 Å². The fraction of sp³-hybridized carbons (Fsp3) is 0.750. The Balaban J connectivity index is 3.53. The highest BCUT2D eigenvalue weighted by molar-refractivity contribution is 5.96. The van der Waals surface area contributed by atoms with Gasteiger partial charge in [-0.1, -0.05) is 0 Å². The molecule has 0 rings (SSSR count). The Morgan fingerprint density at radius 3 is 2.56 bits per heavy atom. The highest BCUT2D eigenvalue weighted by atomic mass is 19.3. The molecule has 8 heteroatoms. The van der Waals surface area contributed by atoms with E-state index < -0.39 is 31.0 Å². The summed E-state index contributed by atoms with van der Waals surface area (Å²) in [5, 5.41) is 4.55. The van der Waals surface area contributed by atoms with E-state index in [2.05, 4.69) is 10.1 Å². The molecule has 16 heavy (non-hydrogen) atoms. The summed E-state index contributed by atoms with van der Waals surface area (Å²) in [6, 6.07) is -1.59. The van der Waals surface area contributed by atoms with Crippen molar-refractivity contribution in [2.24, 2.45) is 5.73 Å². The molecule has 4 N–H and O–H groups in total. The zero-order chi connectivity index (χ0) is 12.6. The van der Waals surface area contributed by atoms with Gasteiger partial charge in [0.25, 0.3) is 6.43 Å². The molecule has 0 aliphatic heterocycles. The van der Waals surface area contributed by atoms with E-state index >= 15 is 0 Å². The van der Waals surface area contributed by atoms with Crippen LogP contribution in [0, 0.1) is 0 Å². The molecule has 0 aliphatic carbocycles. The molecule has 0 aromatic rings. The van der Waals surface area contributed by atoms with Crippen LogP contribution in [0.4, 0.5) is 13.6 Å². The van der Waals surface area contributed by atoms with E-state index in [1.165, 1.54) is 6.92 Å². The molecule has 0 aromatic carbocycles. The molecule has 0 aliphatic rings. The van der Waals surface area contributed by atoms with E-state index in [4.69, 9.17) is 5.73 Å². The van der Waals surface area contributed by atoms with E-state index in [1.54, 1.807) is 0 Å². The Hall–Kier alpha value is -1.28. The van der Waals surface area contributed by atoms with Gasteiger partial charge in [-0.05, 0) is 6.92 Å². The summed E-state index contributed by atoms with van der Waals surface area (Å²) in [6.07, 6.45) is -2.50. The van der Waals surface area contributed by atoms with Crippen LogP contribution in [0.3, 0.4) is 0 Å². The van der Waals surface area contributed by atoms with E-state index in [0.29, 0.717) is 0 Å². The lowest BCUT2D eigenvalue weighted by Gasteiger charge is -2.12. The predicted molar refractivity (Wildman–Crippen MR) is 52.0 cm³/mol. The highest BCUT2D eigenvalue weighted by Gasteiger charge is 2.13. The maximum Gasteiger partial charge on any atom is 0.318 e. The number of primary amides is 1. The van der Waals surface area contributed by atoms with E-state index in [-0.39, 0.29) is 13.2 Å². The van der Waals surface area contributed by atoms with Crippen LogP contribution in [0.2, 0.25) is 0 Å². The topological polar surface area (TPSA) is 93.4 Å². The molecular weight excluding hydrogens is 224 g/mol. The fourth-order valence-corrected chi connectivity index (χ4v) is 0.842. The first-order valence-corrected chi connectivity index (χ1v) is 4.63. The number of urea groups is 1. The number of amides is 3. The van der Waals surface area contributed by atoms with Crippen LogP contribution in [-0.2, 0) is 9.53 Å². The lowest BCUT2D eigenvalue weighted by molar-refractivity contribution is -0.121. The number of alkyl halides is 2. The monoisotopic (exact) mass is 239 g/mol. The first kappa shape index (κ1) is 14.7. The lowest BCUT2D eigenvalue weighted by atomic mass is 10.3. The molecule has 0 spiro atoms. The zero-order valence-electron chi connectivity index (χ0n) is 8.83. The van der Waals surface area contributed by atoms with Crippen molar-refractivity contribution in [3.8, 4) is 0 Å². The average molecular weight is 239 g/mol. The lowest BCUT2D eigenvalue weighted by Crippen LogP contribution is -2.47. The van der Waals surface area contributed by atoms with Crippen molar-refractivity contribution in [2.45, 2.75) is 19.4 Å². The minimum absolute atomic E-state index is 0.0541. The van der Waals surface area contributed by atoms with Gasteiger partial charge >= 0.3 is 6.03 Å². The zero-order valence-corrected chi connectivity index (χ0v) is 8.83. The van der Waals surface area contributed by atoms with Crippen molar-refractivity contribution in [1.82, 2.24) is 10.6 Å². The summed E-state index contributed by atoms with van der Waals surface area (Å²) >= 11 is 0. The normalized spacial score (nSPS) is 12.5. The number of nitrogens with one attached hydrogen (secondary N) is 2. The van der Waals surface area contributed by atoms with Crippen LogP contribution in [0.5, 0.6) is 0 Å². The third-order valence-corrected chi connectivity index (χ3v) is 1.58. The van der Waals surface area contributed by atoms with E-state index in [0.717, 1.165) is 0 Å². The van der Waals surface area contributed by atoms with Crippen LogP contribution in [0.25, 0.3) is 0 Å². The highest BCUT2D eigenvalue weighted by Crippen LogP contribution is 1.91. The van der Waals surface area contributed by atoms with Crippen molar-refractivity contribution in [1.29, 1.82) is 0 Å². The number of ether oxygens (including phenoxy) is 1.